The number of rotatable bonds is 1. The lowest BCUT2D eigenvalue weighted by molar-refractivity contribution is 0.433. The van der Waals surface area contributed by atoms with Crippen molar-refractivity contribution in [1.82, 2.24) is 10.6 Å². The van der Waals surface area contributed by atoms with Crippen molar-refractivity contribution in [3.63, 3.8) is 0 Å². The molecule has 0 fully saturated rings. The molecule has 74 valence electrons. The minimum absolute atomic E-state index is 0.299. The normalized spacial score (nSPS) is 21.1. The van der Waals surface area contributed by atoms with Crippen LogP contribution in [0.25, 0.3) is 0 Å². The van der Waals surface area contributed by atoms with Gasteiger partial charge in [0, 0.05) is 0 Å². The number of guanidine groups is 1. The van der Waals surface area contributed by atoms with Crippen LogP contribution in [0.15, 0.2) is 21.5 Å². The molecule has 0 amide bonds. The van der Waals surface area contributed by atoms with E-state index >= 15 is 0 Å². The Morgan fingerprint density at radius 3 is 2.93 bits per heavy atom. The highest BCUT2D eigenvalue weighted by Crippen LogP contribution is 2.18. The summed E-state index contributed by atoms with van der Waals surface area (Å²) in [4.78, 5) is 4.11. The summed E-state index contributed by atoms with van der Waals surface area (Å²) in [6.45, 7) is 1.87. The molecule has 1 aromatic heterocycles. The smallest absolute Gasteiger partial charge is 0.197 e. The standard InChI is InChI=1S/C8H10N4OS/c1-4-2-3-5(13-4)6-10-7(9)12-8(14)11-6/h2-3,6H,1H3,(H4,9,10,11,12,14)/t6-/m0/s1. The number of aryl methyl sites for hydroxylation is 1. The number of furan rings is 1. The molecule has 5 nitrogen and oxygen atoms in total. The Bertz CT molecular complexity index is 398. The van der Waals surface area contributed by atoms with Gasteiger partial charge in [-0.15, -0.1) is 0 Å². The summed E-state index contributed by atoms with van der Waals surface area (Å²) >= 11 is 4.94. The van der Waals surface area contributed by atoms with Crippen LogP contribution in [0.4, 0.5) is 0 Å². The zero-order valence-electron chi connectivity index (χ0n) is 7.57. The molecule has 0 spiro atoms. The van der Waals surface area contributed by atoms with Gasteiger partial charge in [-0.05, 0) is 31.3 Å². The number of hydrogen-bond acceptors (Lipinski definition) is 4. The van der Waals surface area contributed by atoms with Crippen molar-refractivity contribution in [3.8, 4) is 0 Å². The first-order valence-electron chi connectivity index (χ1n) is 4.12. The Morgan fingerprint density at radius 2 is 2.36 bits per heavy atom. The van der Waals surface area contributed by atoms with Gasteiger partial charge in [0.2, 0.25) is 0 Å². The molecule has 0 bridgehead atoms. The Hall–Kier alpha value is -1.56. The van der Waals surface area contributed by atoms with Gasteiger partial charge >= 0.3 is 0 Å². The van der Waals surface area contributed by atoms with E-state index in [0.29, 0.717) is 16.8 Å². The maximum atomic E-state index is 5.53. The Kier molecular flexibility index (Phi) is 2.12. The monoisotopic (exact) mass is 210 g/mol. The van der Waals surface area contributed by atoms with E-state index in [2.05, 4.69) is 15.6 Å². The molecule has 1 aliphatic rings. The fraction of sp³-hybridized carbons (Fsp3) is 0.250. The van der Waals surface area contributed by atoms with Crippen LogP contribution in [-0.4, -0.2) is 11.1 Å². The van der Waals surface area contributed by atoms with Gasteiger partial charge < -0.3 is 20.8 Å². The second-order valence-corrected chi connectivity index (χ2v) is 3.37. The second-order valence-electron chi connectivity index (χ2n) is 2.96. The fourth-order valence-corrected chi connectivity index (χ4v) is 1.43. The molecule has 4 N–H and O–H groups in total. The zero-order chi connectivity index (χ0) is 10.1. The molecule has 2 heterocycles. The number of nitrogens with two attached hydrogens (primary N) is 1. The van der Waals surface area contributed by atoms with Crippen LogP contribution < -0.4 is 16.4 Å². The van der Waals surface area contributed by atoms with Gasteiger partial charge in [0.15, 0.2) is 17.2 Å². The Morgan fingerprint density at radius 1 is 1.57 bits per heavy atom. The lowest BCUT2D eigenvalue weighted by Gasteiger charge is -2.21. The van der Waals surface area contributed by atoms with Gasteiger partial charge in [0.1, 0.15) is 11.5 Å². The zero-order valence-corrected chi connectivity index (χ0v) is 8.39. The van der Waals surface area contributed by atoms with Gasteiger partial charge in [-0.1, -0.05) is 0 Å². The maximum absolute atomic E-state index is 5.53. The minimum Gasteiger partial charge on any atom is -0.462 e. The van der Waals surface area contributed by atoms with Gasteiger partial charge in [-0.25, -0.2) is 4.99 Å². The predicted molar refractivity (Wildman–Crippen MR) is 56.7 cm³/mol. The summed E-state index contributed by atoms with van der Waals surface area (Å²) in [6.07, 6.45) is -0.322. The average Bonchev–Trinajstić information content (AvgIpc) is 2.50. The summed E-state index contributed by atoms with van der Waals surface area (Å²) in [7, 11) is 0. The molecular formula is C8H10N4OS. The molecule has 0 aliphatic carbocycles. The Balaban J connectivity index is 2.27. The van der Waals surface area contributed by atoms with E-state index < -0.39 is 0 Å². The Labute approximate surface area is 86.4 Å². The van der Waals surface area contributed by atoms with Crippen molar-refractivity contribution in [2.75, 3.05) is 0 Å². The van der Waals surface area contributed by atoms with Crippen LogP contribution in [0.3, 0.4) is 0 Å². The van der Waals surface area contributed by atoms with Gasteiger partial charge in [0.05, 0.1) is 0 Å². The summed E-state index contributed by atoms with van der Waals surface area (Å²) < 4.78 is 5.41. The van der Waals surface area contributed by atoms with Gasteiger partial charge in [-0.3, -0.25) is 0 Å². The summed E-state index contributed by atoms with van der Waals surface area (Å²) in [5.41, 5.74) is 5.53. The van der Waals surface area contributed by atoms with Crippen molar-refractivity contribution >= 4 is 23.3 Å². The number of nitrogens with zero attached hydrogens (tertiary/aromatic N) is 1. The topological polar surface area (TPSA) is 75.6 Å². The molecule has 6 heteroatoms. The van der Waals surface area contributed by atoms with Gasteiger partial charge in [-0.2, -0.15) is 0 Å². The van der Waals surface area contributed by atoms with Gasteiger partial charge in [0.25, 0.3) is 0 Å². The van der Waals surface area contributed by atoms with Crippen molar-refractivity contribution in [1.29, 1.82) is 0 Å². The number of thiocarbonyl (C=S) groups is 1. The van der Waals surface area contributed by atoms with Crippen LogP contribution in [0.2, 0.25) is 0 Å². The first-order chi connectivity index (χ1) is 6.65. The molecule has 0 radical (unpaired) electrons. The van der Waals surface area contributed by atoms with Crippen molar-refractivity contribution < 1.29 is 4.42 Å². The molecule has 1 aliphatic heterocycles. The quantitative estimate of drug-likeness (QED) is 0.584. The highest BCUT2D eigenvalue weighted by molar-refractivity contribution is 7.80. The van der Waals surface area contributed by atoms with E-state index in [1.807, 2.05) is 19.1 Å². The van der Waals surface area contributed by atoms with Crippen LogP contribution in [0.1, 0.15) is 17.7 Å². The van der Waals surface area contributed by atoms with Crippen LogP contribution in [0, 0.1) is 6.92 Å². The highest BCUT2D eigenvalue weighted by atomic mass is 32.1. The first kappa shape index (κ1) is 9.01. The largest absolute Gasteiger partial charge is 0.462 e. The minimum atomic E-state index is -0.322. The van der Waals surface area contributed by atoms with Crippen LogP contribution in [0.5, 0.6) is 0 Å². The van der Waals surface area contributed by atoms with Crippen LogP contribution >= 0.6 is 12.2 Å². The second kappa shape index (κ2) is 3.30. The third kappa shape index (κ3) is 1.69. The highest BCUT2D eigenvalue weighted by Gasteiger charge is 2.19. The van der Waals surface area contributed by atoms with E-state index in [4.69, 9.17) is 22.4 Å². The van der Waals surface area contributed by atoms with E-state index in [9.17, 15) is 0 Å². The fourth-order valence-electron chi connectivity index (χ4n) is 1.22. The molecule has 1 aromatic rings. The summed E-state index contributed by atoms with van der Waals surface area (Å²) in [6, 6.07) is 3.71. The number of hydrogen-bond donors (Lipinski definition) is 3. The van der Waals surface area contributed by atoms with E-state index in [1.54, 1.807) is 0 Å². The molecule has 0 aromatic carbocycles. The van der Waals surface area contributed by atoms with Crippen LogP contribution in [-0.2, 0) is 0 Å². The molecule has 14 heavy (non-hydrogen) atoms. The first-order valence-corrected chi connectivity index (χ1v) is 4.53. The SMILES string of the molecule is Cc1ccc([C@H]2N=C(N)NC(=S)N2)o1. The lowest BCUT2D eigenvalue weighted by atomic mass is 10.3. The summed E-state index contributed by atoms with van der Waals surface area (Å²) in [5, 5.41) is 6.08. The molecule has 2 rings (SSSR count). The molecule has 0 unspecified atom stereocenters. The van der Waals surface area contributed by atoms with Crippen molar-refractivity contribution in [2.45, 2.75) is 13.1 Å². The lowest BCUT2D eigenvalue weighted by Crippen LogP contribution is -2.49. The van der Waals surface area contributed by atoms with Crippen molar-refractivity contribution in [2.24, 2.45) is 10.7 Å². The summed E-state index contributed by atoms with van der Waals surface area (Å²) in [5.74, 6) is 1.84. The molecule has 0 saturated carbocycles. The number of nitrogens with one attached hydrogen (secondary N) is 2. The third-order valence-electron chi connectivity index (χ3n) is 1.81. The number of aliphatic imine (C=N–C) groups is 1. The molecular weight excluding hydrogens is 200 g/mol. The van der Waals surface area contributed by atoms with E-state index in [0.717, 1.165) is 5.76 Å². The average molecular weight is 210 g/mol. The molecule has 0 saturated heterocycles. The maximum Gasteiger partial charge on any atom is 0.197 e. The van der Waals surface area contributed by atoms with E-state index in [-0.39, 0.29) is 6.17 Å². The van der Waals surface area contributed by atoms with E-state index in [1.165, 1.54) is 0 Å². The predicted octanol–water partition coefficient (Wildman–Crippen LogP) is 0.379. The third-order valence-corrected chi connectivity index (χ3v) is 2.03. The molecule has 1 atom stereocenters. The van der Waals surface area contributed by atoms with Crippen molar-refractivity contribution in [3.05, 3.63) is 23.7 Å².